The third kappa shape index (κ3) is 2.28. The molecule has 0 aliphatic rings. The van der Waals surface area contributed by atoms with E-state index in [1.54, 1.807) is 12.1 Å². The SMILES string of the molecule is O=[N+]([O-])c1ccc2oc(-c3ccc(Br)cc3Cl)nc2c1. The summed E-state index contributed by atoms with van der Waals surface area (Å²) in [6.07, 6.45) is 0. The Morgan fingerprint density at radius 1 is 1.25 bits per heavy atom. The number of nitro benzene ring substituents is 1. The van der Waals surface area contributed by atoms with Gasteiger partial charge < -0.3 is 4.42 Å². The quantitative estimate of drug-likeness (QED) is 0.489. The van der Waals surface area contributed by atoms with Crippen LogP contribution in [0.1, 0.15) is 0 Å². The summed E-state index contributed by atoms with van der Waals surface area (Å²) in [5.74, 6) is 0.331. The summed E-state index contributed by atoms with van der Waals surface area (Å²) in [7, 11) is 0. The van der Waals surface area contributed by atoms with Gasteiger partial charge in [0, 0.05) is 16.6 Å². The minimum absolute atomic E-state index is 0.0285. The number of non-ortho nitro benzene ring substituents is 1. The van der Waals surface area contributed by atoms with Crippen molar-refractivity contribution in [3.05, 3.63) is 56.0 Å². The molecule has 0 saturated heterocycles. The molecule has 1 heterocycles. The van der Waals surface area contributed by atoms with E-state index >= 15 is 0 Å². The van der Waals surface area contributed by atoms with Gasteiger partial charge >= 0.3 is 0 Å². The number of halogens is 2. The maximum atomic E-state index is 10.7. The third-order valence-corrected chi connectivity index (χ3v) is 3.55. The van der Waals surface area contributed by atoms with Crippen LogP contribution in [-0.4, -0.2) is 9.91 Å². The normalized spacial score (nSPS) is 10.9. The Morgan fingerprint density at radius 2 is 2.05 bits per heavy atom. The topological polar surface area (TPSA) is 69.2 Å². The molecule has 100 valence electrons. The molecule has 20 heavy (non-hydrogen) atoms. The van der Waals surface area contributed by atoms with Gasteiger partial charge in [0.05, 0.1) is 15.5 Å². The first-order chi connectivity index (χ1) is 9.54. The maximum Gasteiger partial charge on any atom is 0.271 e. The van der Waals surface area contributed by atoms with Gasteiger partial charge in [0.2, 0.25) is 5.89 Å². The molecule has 0 radical (unpaired) electrons. The van der Waals surface area contributed by atoms with Gasteiger partial charge in [-0.25, -0.2) is 4.98 Å². The van der Waals surface area contributed by atoms with Crippen LogP contribution in [0, 0.1) is 10.1 Å². The van der Waals surface area contributed by atoms with E-state index in [1.165, 1.54) is 18.2 Å². The van der Waals surface area contributed by atoms with Gasteiger partial charge in [-0.1, -0.05) is 27.5 Å². The molecule has 0 unspecified atom stereocenters. The number of benzene rings is 2. The first kappa shape index (κ1) is 13.1. The zero-order valence-corrected chi connectivity index (χ0v) is 12.2. The van der Waals surface area contributed by atoms with E-state index in [9.17, 15) is 10.1 Å². The Kier molecular flexibility index (Phi) is 3.19. The van der Waals surface area contributed by atoms with Crippen molar-refractivity contribution in [1.29, 1.82) is 0 Å². The van der Waals surface area contributed by atoms with Crippen LogP contribution in [0.25, 0.3) is 22.6 Å². The van der Waals surface area contributed by atoms with Gasteiger partial charge in [0.1, 0.15) is 5.52 Å². The van der Waals surface area contributed by atoms with Gasteiger partial charge in [-0.3, -0.25) is 10.1 Å². The molecule has 0 atom stereocenters. The highest BCUT2D eigenvalue weighted by molar-refractivity contribution is 9.10. The molecule has 0 N–H and O–H groups in total. The number of rotatable bonds is 2. The Bertz CT molecular complexity index is 832. The van der Waals surface area contributed by atoms with Gasteiger partial charge in [-0.15, -0.1) is 0 Å². The van der Waals surface area contributed by atoms with Crippen LogP contribution in [-0.2, 0) is 0 Å². The second-order valence-corrected chi connectivity index (χ2v) is 5.38. The molecule has 1 aromatic heterocycles. The Labute approximate surface area is 126 Å². The molecular formula is C13H6BrClN2O3. The Morgan fingerprint density at radius 3 is 2.75 bits per heavy atom. The van der Waals surface area contributed by atoms with Crippen molar-refractivity contribution >= 4 is 44.3 Å². The van der Waals surface area contributed by atoms with Gasteiger partial charge in [-0.05, 0) is 24.3 Å². The molecular weight excluding hydrogens is 348 g/mol. The minimum atomic E-state index is -0.472. The summed E-state index contributed by atoms with van der Waals surface area (Å²) in [4.78, 5) is 14.5. The Balaban J connectivity index is 2.15. The zero-order valence-electron chi connectivity index (χ0n) is 9.84. The van der Waals surface area contributed by atoms with Crippen molar-refractivity contribution in [2.75, 3.05) is 0 Å². The van der Waals surface area contributed by atoms with Gasteiger partial charge in [0.25, 0.3) is 5.69 Å². The van der Waals surface area contributed by atoms with Crippen molar-refractivity contribution in [3.63, 3.8) is 0 Å². The highest BCUT2D eigenvalue weighted by Crippen LogP contribution is 2.32. The molecule has 0 saturated carbocycles. The fourth-order valence-corrected chi connectivity index (χ4v) is 2.56. The molecule has 0 bridgehead atoms. The van der Waals surface area contributed by atoms with E-state index in [0.717, 1.165) is 4.47 Å². The van der Waals surface area contributed by atoms with Gasteiger partial charge in [0.15, 0.2) is 5.58 Å². The fraction of sp³-hybridized carbons (Fsp3) is 0. The second kappa shape index (κ2) is 4.88. The van der Waals surface area contributed by atoms with E-state index in [2.05, 4.69) is 20.9 Å². The minimum Gasteiger partial charge on any atom is -0.436 e. The lowest BCUT2D eigenvalue weighted by Crippen LogP contribution is -1.86. The van der Waals surface area contributed by atoms with Crippen LogP contribution in [0.4, 0.5) is 5.69 Å². The number of nitro groups is 1. The summed E-state index contributed by atoms with van der Waals surface area (Å²) in [6, 6.07) is 9.59. The van der Waals surface area contributed by atoms with Crippen LogP contribution in [0.3, 0.4) is 0 Å². The van der Waals surface area contributed by atoms with E-state index < -0.39 is 4.92 Å². The fourth-order valence-electron chi connectivity index (χ4n) is 1.81. The molecule has 3 rings (SSSR count). The summed E-state index contributed by atoms with van der Waals surface area (Å²) < 4.78 is 6.42. The molecule has 5 nitrogen and oxygen atoms in total. The molecule has 0 fully saturated rings. The van der Waals surface area contributed by atoms with E-state index in [-0.39, 0.29) is 5.69 Å². The van der Waals surface area contributed by atoms with Crippen molar-refractivity contribution in [2.24, 2.45) is 0 Å². The van der Waals surface area contributed by atoms with Crippen molar-refractivity contribution in [1.82, 2.24) is 4.98 Å². The Hall–Kier alpha value is -1.92. The average Bonchev–Trinajstić information content (AvgIpc) is 2.80. The maximum absolute atomic E-state index is 10.7. The summed E-state index contributed by atoms with van der Waals surface area (Å²) >= 11 is 9.45. The number of nitrogens with zero attached hydrogens (tertiary/aromatic N) is 2. The molecule has 3 aromatic rings. The predicted octanol–water partition coefficient (Wildman–Crippen LogP) is 4.82. The van der Waals surface area contributed by atoms with Crippen LogP contribution >= 0.6 is 27.5 Å². The highest BCUT2D eigenvalue weighted by atomic mass is 79.9. The summed E-state index contributed by atoms with van der Waals surface area (Å²) in [6.45, 7) is 0. The number of oxazole rings is 1. The lowest BCUT2D eigenvalue weighted by Gasteiger charge is -1.99. The third-order valence-electron chi connectivity index (χ3n) is 2.74. The molecule has 0 aliphatic carbocycles. The monoisotopic (exact) mass is 352 g/mol. The molecule has 7 heteroatoms. The number of hydrogen-bond acceptors (Lipinski definition) is 4. The predicted molar refractivity (Wildman–Crippen MR) is 78.8 cm³/mol. The molecule has 2 aromatic carbocycles. The lowest BCUT2D eigenvalue weighted by atomic mass is 10.2. The van der Waals surface area contributed by atoms with Crippen molar-refractivity contribution in [3.8, 4) is 11.5 Å². The van der Waals surface area contributed by atoms with Crippen LogP contribution in [0.2, 0.25) is 5.02 Å². The van der Waals surface area contributed by atoms with Crippen molar-refractivity contribution in [2.45, 2.75) is 0 Å². The lowest BCUT2D eigenvalue weighted by molar-refractivity contribution is -0.384. The first-order valence-corrected chi connectivity index (χ1v) is 6.72. The first-order valence-electron chi connectivity index (χ1n) is 5.55. The smallest absolute Gasteiger partial charge is 0.271 e. The molecule has 0 amide bonds. The number of fused-ring (bicyclic) bond motifs is 1. The summed E-state index contributed by atoms with van der Waals surface area (Å²) in [5.41, 5.74) is 1.51. The van der Waals surface area contributed by atoms with Crippen LogP contribution < -0.4 is 0 Å². The highest BCUT2D eigenvalue weighted by Gasteiger charge is 2.14. The standard InChI is InChI=1S/C13H6BrClN2O3/c14-7-1-3-9(10(15)5-7)13-16-11-6-8(17(18)19)2-4-12(11)20-13/h1-6H. The number of aromatic nitrogens is 1. The molecule has 0 spiro atoms. The van der Waals surface area contributed by atoms with E-state index in [0.29, 0.717) is 27.6 Å². The van der Waals surface area contributed by atoms with Gasteiger partial charge in [-0.2, -0.15) is 0 Å². The van der Waals surface area contributed by atoms with E-state index in [4.69, 9.17) is 16.0 Å². The van der Waals surface area contributed by atoms with Crippen LogP contribution in [0.5, 0.6) is 0 Å². The zero-order chi connectivity index (χ0) is 14.3. The summed E-state index contributed by atoms with van der Waals surface area (Å²) in [5, 5.41) is 11.2. The van der Waals surface area contributed by atoms with E-state index in [1.807, 2.05) is 6.07 Å². The number of hydrogen-bond donors (Lipinski definition) is 0. The van der Waals surface area contributed by atoms with Crippen LogP contribution in [0.15, 0.2) is 45.3 Å². The van der Waals surface area contributed by atoms with Crippen molar-refractivity contribution < 1.29 is 9.34 Å². The average molecular weight is 354 g/mol. The molecule has 0 aliphatic heterocycles. The second-order valence-electron chi connectivity index (χ2n) is 4.05. The largest absolute Gasteiger partial charge is 0.436 e.